The summed E-state index contributed by atoms with van der Waals surface area (Å²) >= 11 is 3.28. The molecule has 12 heteroatoms. The number of carbonyl (C=O) groups excluding carboxylic acids is 2. The number of urea groups is 1. The average molecular weight is 501 g/mol. The third kappa shape index (κ3) is 4.56. The molecule has 2 atom stereocenters. The number of benzene rings is 1. The second-order valence-corrected chi connectivity index (χ2v) is 11.0. The number of nitrogens with zero attached hydrogens (tertiary/aromatic N) is 7. The van der Waals surface area contributed by atoms with Gasteiger partial charge in [0.2, 0.25) is 0 Å². The number of para-hydroxylation sites is 1. The second-order valence-electron chi connectivity index (χ2n) is 8.48. The first-order valence-electron chi connectivity index (χ1n) is 11.4. The van der Waals surface area contributed by atoms with E-state index in [1.165, 1.54) is 10.6 Å². The van der Waals surface area contributed by atoms with Crippen molar-refractivity contribution in [3.63, 3.8) is 0 Å². The van der Waals surface area contributed by atoms with Crippen molar-refractivity contribution in [1.82, 2.24) is 30.2 Å². The van der Waals surface area contributed by atoms with Gasteiger partial charge in [-0.25, -0.2) is 9.79 Å². The van der Waals surface area contributed by atoms with E-state index >= 15 is 0 Å². The first-order chi connectivity index (χ1) is 16.5. The number of aliphatic imine (C=N–C) groups is 1. The summed E-state index contributed by atoms with van der Waals surface area (Å²) in [4.78, 5) is 38.2. The number of carbonyl (C=O) groups is 2. The zero-order valence-corrected chi connectivity index (χ0v) is 20.9. The topological polar surface area (TPSA) is 97.3 Å². The Kier molecular flexibility index (Phi) is 6.59. The van der Waals surface area contributed by atoms with E-state index in [9.17, 15) is 9.59 Å². The SMILES string of the molecule is Cc1nnc(SCCCN2C(N3CCN(c4ccccc4)CC3)=NC3C2C(=O)NC(=O)N3C)s1. The van der Waals surface area contributed by atoms with E-state index in [0.717, 1.165) is 53.7 Å². The number of thioether (sulfide) groups is 1. The van der Waals surface area contributed by atoms with Crippen LogP contribution in [-0.2, 0) is 4.79 Å². The lowest BCUT2D eigenvalue weighted by molar-refractivity contribution is -0.127. The summed E-state index contributed by atoms with van der Waals surface area (Å²) in [6.45, 7) is 5.99. The average Bonchev–Trinajstić information content (AvgIpc) is 3.45. The van der Waals surface area contributed by atoms with Gasteiger partial charge in [0.05, 0.1) is 0 Å². The van der Waals surface area contributed by atoms with Crippen LogP contribution >= 0.6 is 23.1 Å². The lowest BCUT2D eigenvalue weighted by Gasteiger charge is -2.41. The maximum absolute atomic E-state index is 12.8. The Bertz CT molecular complexity index is 1070. The van der Waals surface area contributed by atoms with E-state index in [-0.39, 0.29) is 5.91 Å². The Morgan fingerprint density at radius 2 is 1.82 bits per heavy atom. The molecule has 5 rings (SSSR count). The number of aryl methyl sites for hydroxylation is 1. The highest BCUT2D eigenvalue weighted by molar-refractivity contribution is 8.01. The van der Waals surface area contributed by atoms with Crippen molar-refractivity contribution in [2.45, 2.75) is 29.9 Å². The predicted octanol–water partition coefficient (Wildman–Crippen LogP) is 1.70. The number of imide groups is 1. The molecule has 1 aromatic heterocycles. The minimum absolute atomic E-state index is 0.276. The highest BCUT2D eigenvalue weighted by Crippen LogP contribution is 2.28. The standard InChI is InChI=1S/C22H28N8O2S2/c1-15-25-26-22(34-15)33-14-6-9-30-17-18(27(2)21(32)24-19(17)31)23-20(30)29-12-10-28(11-13-29)16-7-4-3-5-8-16/h3-5,7-8,17-18H,6,9-14H2,1-2H3,(H,24,31,32). The summed E-state index contributed by atoms with van der Waals surface area (Å²) in [5.41, 5.74) is 1.22. The first kappa shape index (κ1) is 22.9. The van der Waals surface area contributed by atoms with Crippen LogP contribution in [0.3, 0.4) is 0 Å². The summed E-state index contributed by atoms with van der Waals surface area (Å²) in [7, 11) is 1.70. The van der Waals surface area contributed by atoms with Crippen molar-refractivity contribution in [3.8, 4) is 0 Å². The van der Waals surface area contributed by atoms with E-state index in [0.29, 0.717) is 6.54 Å². The van der Waals surface area contributed by atoms with Crippen molar-refractivity contribution in [2.75, 3.05) is 50.4 Å². The summed E-state index contributed by atoms with van der Waals surface area (Å²) in [5, 5.41) is 11.7. The van der Waals surface area contributed by atoms with Gasteiger partial charge in [-0.15, -0.1) is 10.2 Å². The quantitative estimate of drug-likeness (QED) is 0.473. The molecule has 2 unspecified atom stereocenters. The Morgan fingerprint density at radius 3 is 2.53 bits per heavy atom. The van der Waals surface area contributed by atoms with Crippen molar-refractivity contribution in [3.05, 3.63) is 35.3 Å². The number of amides is 3. The number of nitrogens with one attached hydrogen (secondary N) is 1. The molecule has 180 valence electrons. The monoisotopic (exact) mass is 500 g/mol. The lowest BCUT2D eigenvalue weighted by Crippen LogP contribution is -2.64. The molecule has 0 radical (unpaired) electrons. The Hall–Kier alpha value is -2.86. The van der Waals surface area contributed by atoms with E-state index < -0.39 is 18.2 Å². The number of rotatable bonds is 6. The van der Waals surface area contributed by atoms with Crippen molar-refractivity contribution >= 4 is 46.7 Å². The van der Waals surface area contributed by atoms with Crippen molar-refractivity contribution < 1.29 is 9.59 Å². The van der Waals surface area contributed by atoms with Gasteiger partial charge in [-0.1, -0.05) is 41.3 Å². The van der Waals surface area contributed by atoms with E-state index in [4.69, 9.17) is 4.99 Å². The molecule has 1 N–H and O–H groups in total. The number of hydrogen-bond acceptors (Lipinski definition) is 10. The van der Waals surface area contributed by atoms with Gasteiger partial charge < -0.3 is 19.6 Å². The van der Waals surface area contributed by atoms with E-state index in [1.807, 2.05) is 13.0 Å². The molecular formula is C22H28N8O2S2. The lowest BCUT2D eigenvalue weighted by atomic mass is 10.1. The van der Waals surface area contributed by atoms with Crippen molar-refractivity contribution in [1.29, 1.82) is 0 Å². The highest BCUT2D eigenvalue weighted by atomic mass is 32.2. The molecule has 0 spiro atoms. The van der Waals surface area contributed by atoms with Crippen LogP contribution in [-0.4, -0.2) is 101 Å². The summed E-state index contributed by atoms with van der Waals surface area (Å²) in [5.74, 6) is 1.41. The number of piperazine rings is 1. The molecule has 0 bridgehead atoms. The van der Waals surface area contributed by atoms with Crippen LogP contribution in [0.2, 0.25) is 0 Å². The van der Waals surface area contributed by atoms with Crippen LogP contribution in [0.25, 0.3) is 0 Å². The maximum atomic E-state index is 12.8. The Balaban J connectivity index is 1.28. The van der Waals surface area contributed by atoms with E-state index in [1.54, 1.807) is 30.1 Å². The second kappa shape index (κ2) is 9.79. The zero-order chi connectivity index (χ0) is 23.7. The molecule has 3 aliphatic rings. The van der Waals surface area contributed by atoms with Crippen LogP contribution in [0.15, 0.2) is 39.7 Å². The van der Waals surface area contributed by atoms with E-state index in [2.05, 4.69) is 54.5 Å². The largest absolute Gasteiger partial charge is 0.368 e. The van der Waals surface area contributed by atoms with Crippen LogP contribution in [0.1, 0.15) is 11.4 Å². The molecule has 4 heterocycles. The summed E-state index contributed by atoms with van der Waals surface area (Å²) in [6, 6.07) is 9.51. The molecule has 3 aliphatic heterocycles. The number of hydrogen-bond donors (Lipinski definition) is 1. The fourth-order valence-corrected chi connectivity index (χ4v) is 6.36. The van der Waals surface area contributed by atoms with Gasteiger partial charge in [0.1, 0.15) is 5.01 Å². The highest BCUT2D eigenvalue weighted by Gasteiger charge is 2.49. The van der Waals surface area contributed by atoms with Gasteiger partial charge in [-0.2, -0.15) is 0 Å². The number of likely N-dealkylation sites (N-methyl/N-ethyl adjacent to an activating group) is 1. The molecule has 2 aromatic rings. The van der Waals surface area contributed by atoms with Gasteiger partial charge in [-0.3, -0.25) is 10.1 Å². The van der Waals surface area contributed by atoms with Gasteiger partial charge in [-0.05, 0) is 25.5 Å². The smallest absolute Gasteiger partial charge is 0.325 e. The molecular weight excluding hydrogens is 472 g/mol. The number of fused-ring (bicyclic) bond motifs is 1. The minimum Gasteiger partial charge on any atom is -0.368 e. The molecule has 2 saturated heterocycles. The molecule has 34 heavy (non-hydrogen) atoms. The van der Waals surface area contributed by atoms with Gasteiger partial charge in [0.25, 0.3) is 5.91 Å². The minimum atomic E-state index is -0.501. The van der Waals surface area contributed by atoms with Crippen LogP contribution in [0.4, 0.5) is 10.5 Å². The third-order valence-electron chi connectivity index (χ3n) is 6.30. The maximum Gasteiger partial charge on any atom is 0.325 e. The molecule has 1 aromatic carbocycles. The Morgan fingerprint density at radius 1 is 1.09 bits per heavy atom. The molecule has 3 amide bonds. The molecule has 10 nitrogen and oxygen atoms in total. The molecule has 0 aliphatic carbocycles. The predicted molar refractivity (Wildman–Crippen MR) is 133 cm³/mol. The summed E-state index contributed by atoms with van der Waals surface area (Å²) < 4.78 is 0.962. The molecule has 2 fully saturated rings. The summed E-state index contributed by atoms with van der Waals surface area (Å²) in [6.07, 6.45) is 0.363. The van der Waals surface area contributed by atoms with Crippen molar-refractivity contribution in [2.24, 2.45) is 4.99 Å². The molecule has 0 saturated carbocycles. The van der Waals surface area contributed by atoms with Gasteiger partial charge >= 0.3 is 6.03 Å². The first-order valence-corrected chi connectivity index (χ1v) is 13.2. The normalized spacial score (nSPS) is 22.7. The van der Waals surface area contributed by atoms with Gasteiger partial charge in [0, 0.05) is 51.2 Å². The fraction of sp³-hybridized carbons (Fsp3) is 0.500. The van der Waals surface area contributed by atoms with Crippen LogP contribution in [0, 0.1) is 6.92 Å². The fourth-order valence-electron chi connectivity index (χ4n) is 4.55. The number of anilines is 1. The van der Waals surface area contributed by atoms with Crippen LogP contribution in [0.5, 0.6) is 0 Å². The number of guanidine groups is 1. The van der Waals surface area contributed by atoms with Gasteiger partial charge in [0.15, 0.2) is 22.5 Å². The number of aromatic nitrogens is 2. The Labute approximate surface area is 207 Å². The van der Waals surface area contributed by atoms with Crippen LogP contribution < -0.4 is 10.2 Å². The third-order valence-corrected chi connectivity index (χ3v) is 8.36. The zero-order valence-electron chi connectivity index (χ0n) is 19.3.